The van der Waals surface area contributed by atoms with Crippen molar-refractivity contribution in [2.24, 2.45) is 11.8 Å². The molecule has 0 amide bonds. The molecule has 1 unspecified atom stereocenters. The van der Waals surface area contributed by atoms with Crippen molar-refractivity contribution in [1.29, 1.82) is 0 Å². The molecule has 5 nitrogen and oxygen atoms in total. The molecule has 0 radical (unpaired) electrons. The van der Waals surface area contributed by atoms with E-state index < -0.39 is 11.6 Å². The van der Waals surface area contributed by atoms with Crippen molar-refractivity contribution < 1.29 is 23.7 Å². The lowest BCUT2D eigenvalue weighted by Crippen LogP contribution is -2.66. The standard InChI is InChI=1S/C16H28O5/c1-7-12-15(5,19-11(4)18-12)14-10(3)13-9(2)8-17-16(6,20-13)21-14/h9-14H,7-8H2,1-6H3/t9-,10+,11+,12-,13+,14-,15-,16?/m1/s1. The molecule has 0 aromatic heterocycles. The molecular formula is C16H28O5. The molecule has 0 aromatic carbocycles. The van der Waals surface area contributed by atoms with Crippen molar-refractivity contribution in [2.75, 3.05) is 6.61 Å². The van der Waals surface area contributed by atoms with E-state index in [9.17, 15) is 0 Å². The Kier molecular flexibility index (Phi) is 3.86. The van der Waals surface area contributed by atoms with Gasteiger partial charge < -0.3 is 23.7 Å². The summed E-state index contributed by atoms with van der Waals surface area (Å²) in [5.41, 5.74) is -0.475. The van der Waals surface area contributed by atoms with Gasteiger partial charge in [-0.1, -0.05) is 20.8 Å². The number of hydrogen-bond donors (Lipinski definition) is 0. The largest absolute Gasteiger partial charge is 0.347 e. The Hall–Kier alpha value is -0.200. The Labute approximate surface area is 127 Å². The van der Waals surface area contributed by atoms with Crippen LogP contribution in [0.3, 0.4) is 0 Å². The van der Waals surface area contributed by atoms with Gasteiger partial charge in [-0.05, 0) is 20.3 Å². The van der Waals surface area contributed by atoms with Crippen LogP contribution in [0.4, 0.5) is 0 Å². The number of hydrogen-bond acceptors (Lipinski definition) is 5. The quantitative estimate of drug-likeness (QED) is 0.784. The molecule has 3 aliphatic rings. The second kappa shape index (κ2) is 5.17. The van der Waals surface area contributed by atoms with Crippen LogP contribution >= 0.6 is 0 Å². The molecule has 21 heavy (non-hydrogen) atoms. The molecule has 3 rings (SSSR count). The van der Waals surface area contributed by atoms with Gasteiger partial charge in [0.2, 0.25) is 0 Å². The average molecular weight is 300 g/mol. The van der Waals surface area contributed by atoms with Crippen LogP contribution in [0.5, 0.6) is 0 Å². The van der Waals surface area contributed by atoms with Crippen LogP contribution in [0.2, 0.25) is 0 Å². The number of fused-ring (bicyclic) bond motifs is 2. The third kappa shape index (κ3) is 2.43. The summed E-state index contributed by atoms with van der Waals surface area (Å²) in [6.07, 6.45) is 0.726. The third-order valence-electron chi connectivity index (χ3n) is 5.21. The van der Waals surface area contributed by atoms with Gasteiger partial charge in [0.15, 0.2) is 6.29 Å². The van der Waals surface area contributed by atoms with Crippen molar-refractivity contribution in [3.8, 4) is 0 Å². The normalized spacial score (nSPS) is 57.4. The Morgan fingerprint density at radius 2 is 1.76 bits per heavy atom. The minimum Gasteiger partial charge on any atom is -0.347 e. The second-order valence-electron chi connectivity index (χ2n) is 7.03. The summed E-state index contributed by atoms with van der Waals surface area (Å²) < 4.78 is 30.1. The number of rotatable bonds is 2. The first-order chi connectivity index (χ1) is 9.79. The van der Waals surface area contributed by atoms with Crippen LogP contribution in [-0.4, -0.2) is 42.8 Å². The second-order valence-corrected chi connectivity index (χ2v) is 7.03. The molecule has 3 saturated heterocycles. The summed E-state index contributed by atoms with van der Waals surface area (Å²) in [5, 5.41) is 0. The van der Waals surface area contributed by atoms with E-state index in [0.29, 0.717) is 12.5 Å². The Morgan fingerprint density at radius 1 is 1.05 bits per heavy atom. The smallest absolute Gasteiger partial charge is 0.280 e. The predicted octanol–water partition coefficient (Wildman–Crippen LogP) is 2.68. The molecule has 5 heteroatoms. The minimum atomic E-state index is -0.967. The van der Waals surface area contributed by atoms with Crippen LogP contribution in [-0.2, 0) is 23.7 Å². The van der Waals surface area contributed by atoms with E-state index in [1.165, 1.54) is 0 Å². The summed E-state index contributed by atoms with van der Waals surface area (Å²) in [6, 6.07) is 0. The minimum absolute atomic E-state index is 0.0256. The molecule has 3 aliphatic heterocycles. The van der Waals surface area contributed by atoms with Crippen LogP contribution in [0.25, 0.3) is 0 Å². The van der Waals surface area contributed by atoms with E-state index in [2.05, 4.69) is 27.7 Å². The summed E-state index contributed by atoms with van der Waals surface area (Å²) in [5.74, 6) is -0.391. The monoisotopic (exact) mass is 300 g/mol. The molecule has 0 aromatic rings. The summed E-state index contributed by atoms with van der Waals surface area (Å²) >= 11 is 0. The lowest BCUT2D eigenvalue weighted by Gasteiger charge is -2.54. The topological polar surface area (TPSA) is 46.2 Å². The van der Waals surface area contributed by atoms with Gasteiger partial charge in [-0.2, -0.15) is 0 Å². The van der Waals surface area contributed by atoms with Gasteiger partial charge in [0, 0.05) is 18.8 Å². The van der Waals surface area contributed by atoms with Crippen LogP contribution < -0.4 is 0 Å². The first kappa shape index (κ1) is 15.7. The highest BCUT2D eigenvalue weighted by Gasteiger charge is 2.60. The van der Waals surface area contributed by atoms with Gasteiger partial charge in [-0.3, -0.25) is 0 Å². The van der Waals surface area contributed by atoms with Gasteiger partial charge in [0.05, 0.1) is 24.9 Å². The van der Waals surface area contributed by atoms with Crippen molar-refractivity contribution in [3.63, 3.8) is 0 Å². The first-order valence-corrected chi connectivity index (χ1v) is 8.12. The van der Waals surface area contributed by atoms with Crippen LogP contribution in [0, 0.1) is 11.8 Å². The Bertz CT molecular complexity index is 402. The summed E-state index contributed by atoms with van der Waals surface area (Å²) in [4.78, 5) is 0. The van der Waals surface area contributed by atoms with Gasteiger partial charge in [0.25, 0.3) is 5.97 Å². The van der Waals surface area contributed by atoms with Gasteiger partial charge in [0.1, 0.15) is 5.60 Å². The lowest BCUT2D eigenvalue weighted by molar-refractivity contribution is -0.476. The maximum Gasteiger partial charge on any atom is 0.280 e. The SMILES string of the molecule is CC[C@H]1O[C@H](C)O[C@@]1(C)[C@@H]1OC2(C)OC[C@@H](C)[C@H](O2)[C@@H]1C. The highest BCUT2D eigenvalue weighted by atomic mass is 16.9. The molecule has 2 bridgehead atoms. The summed E-state index contributed by atoms with van der Waals surface area (Å²) in [6.45, 7) is 13.0. The van der Waals surface area contributed by atoms with Gasteiger partial charge in [-0.15, -0.1) is 0 Å². The Balaban J connectivity index is 1.90. The molecule has 0 saturated carbocycles. The van der Waals surface area contributed by atoms with Crippen LogP contribution in [0.1, 0.15) is 48.0 Å². The molecule has 0 aliphatic carbocycles. The molecular weight excluding hydrogens is 272 g/mol. The fourth-order valence-electron chi connectivity index (χ4n) is 4.19. The fourth-order valence-corrected chi connectivity index (χ4v) is 4.19. The van der Waals surface area contributed by atoms with E-state index >= 15 is 0 Å². The molecule has 3 heterocycles. The molecule has 3 fully saturated rings. The van der Waals surface area contributed by atoms with Gasteiger partial charge in [-0.25, -0.2) is 0 Å². The predicted molar refractivity (Wildman–Crippen MR) is 76.5 cm³/mol. The van der Waals surface area contributed by atoms with Crippen molar-refractivity contribution in [2.45, 2.75) is 84.1 Å². The zero-order valence-corrected chi connectivity index (χ0v) is 13.9. The average Bonchev–Trinajstić information content (AvgIpc) is 2.73. The highest BCUT2D eigenvalue weighted by molar-refractivity contribution is 5.02. The van der Waals surface area contributed by atoms with Crippen molar-refractivity contribution in [1.82, 2.24) is 0 Å². The van der Waals surface area contributed by atoms with Crippen LogP contribution in [0.15, 0.2) is 0 Å². The Morgan fingerprint density at radius 3 is 2.43 bits per heavy atom. The van der Waals surface area contributed by atoms with Crippen molar-refractivity contribution >= 4 is 0 Å². The molecule has 0 N–H and O–H groups in total. The zero-order valence-electron chi connectivity index (χ0n) is 13.9. The maximum atomic E-state index is 6.22. The molecule has 0 spiro atoms. The van der Waals surface area contributed by atoms with E-state index in [0.717, 1.165) is 6.42 Å². The maximum absolute atomic E-state index is 6.22. The first-order valence-electron chi connectivity index (χ1n) is 8.12. The lowest BCUT2D eigenvalue weighted by atomic mass is 9.77. The fraction of sp³-hybridized carbons (Fsp3) is 1.00. The summed E-state index contributed by atoms with van der Waals surface area (Å²) in [7, 11) is 0. The van der Waals surface area contributed by atoms with Crippen molar-refractivity contribution in [3.05, 3.63) is 0 Å². The number of ether oxygens (including phenoxy) is 5. The third-order valence-corrected chi connectivity index (χ3v) is 5.21. The zero-order chi connectivity index (χ0) is 15.4. The molecule has 8 atom stereocenters. The van der Waals surface area contributed by atoms with E-state index in [-0.39, 0.29) is 30.5 Å². The van der Waals surface area contributed by atoms with E-state index in [4.69, 9.17) is 23.7 Å². The van der Waals surface area contributed by atoms with Gasteiger partial charge >= 0.3 is 0 Å². The van der Waals surface area contributed by atoms with E-state index in [1.807, 2.05) is 13.8 Å². The highest BCUT2D eigenvalue weighted by Crippen LogP contribution is 2.47. The van der Waals surface area contributed by atoms with E-state index in [1.54, 1.807) is 0 Å². The molecule has 122 valence electrons.